The number of aryl methyl sites for hydroxylation is 2. The van der Waals surface area contributed by atoms with Gasteiger partial charge < -0.3 is 23.5 Å². The van der Waals surface area contributed by atoms with E-state index in [0.29, 0.717) is 17.0 Å². The Morgan fingerprint density at radius 2 is 2.03 bits per heavy atom. The summed E-state index contributed by atoms with van der Waals surface area (Å²) in [5.41, 5.74) is 1.92. The average Bonchev–Trinajstić information content (AvgIpc) is 3.38. The zero-order chi connectivity index (χ0) is 22.7. The summed E-state index contributed by atoms with van der Waals surface area (Å²) in [5, 5.41) is 3.95. The van der Waals surface area contributed by atoms with E-state index in [1.807, 2.05) is 6.92 Å². The van der Waals surface area contributed by atoms with Crippen molar-refractivity contribution >= 4 is 11.8 Å². The van der Waals surface area contributed by atoms with E-state index in [2.05, 4.69) is 5.16 Å². The van der Waals surface area contributed by atoms with Crippen molar-refractivity contribution in [2.45, 2.75) is 33.1 Å². The molecule has 1 atom stereocenters. The highest BCUT2D eigenvalue weighted by molar-refractivity contribution is 5.94. The smallest absolute Gasteiger partial charge is 0.290 e. The molecule has 0 saturated carbocycles. The maximum absolute atomic E-state index is 14.1. The number of halogens is 1. The molecule has 0 aliphatic carbocycles. The number of hydrogen-bond donors (Lipinski definition) is 0. The van der Waals surface area contributed by atoms with Gasteiger partial charge >= 0.3 is 0 Å². The Hall–Kier alpha value is -3.46. The second-order valence-electron chi connectivity index (χ2n) is 7.76. The maximum atomic E-state index is 14.1. The Bertz CT molecular complexity index is 1080. The SMILES string of the molecule is Cc1noc(C)c1CN1CC(OCc2ccccc2F)CN(C(=O)c2ccco2)CC1=O. The van der Waals surface area contributed by atoms with Gasteiger partial charge in [0.2, 0.25) is 5.91 Å². The zero-order valence-electron chi connectivity index (χ0n) is 17.9. The van der Waals surface area contributed by atoms with Crippen molar-refractivity contribution in [2.24, 2.45) is 0 Å². The molecular weight excluding hydrogens is 417 g/mol. The summed E-state index contributed by atoms with van der Waals surface area (Å²) in [6.07, 6.45) is 0.878. The molecular formula is C23H24FN3O5. The summed E-state index contributed by atoms with van der Waals surface area (Å²) >= 11 is 0. The number of rotatable bonds is 6. The van der Waals surface area contributed by atoms with Crippen LogP contribution < -0.4 is 0 Å². The number of furan rings is 1. The van der Waals surface area contributed by atoms with E-state index in [4.69, 9.17) is 13.7 Å². The van der Waals surface area contributed by atoms with E-state index in [1.54, 1.807) is 42.2 Å². The van der Waals surface area contributed by atoms with Gasteiger partial charge in [0.05, 0.1) is 31.2 Å². The Balaban J connectivity index is 1.56. The Morgan fingerprint density at radius 3 is 2.72 bits per heavy atom. The third-order valence-corrected chi connectivity index (χ3v) is 5.51. The summed E-state index contributed by atoms with van der Waals surface area (Å²) in [4.78, 5) is 29.0. The van der Waals surface area contributed by atoms with Gasteiger partial charge in [-0.25, -0.2) is 4.39 Å². The van der Waals surface area contributed by atoms with Crippen LogP contribution in [0.5, 0.6) is 0 Å². The third kappa shape index (κ3) is 4.72. The minimum atomic E-state index is -0.527. The third-order valence-electron chi connectivity index (χ3n) is 5.51. The van der Waals surface area contributed by atoms with E-state index < -0.39 is 12.0 Å². The van der Waals surface area contributed by atoms with Gasteiger partial charge in [-0.2, -0.15) is 0 Å². The van der Waals surface area contributed by atoms with E-state index in [9.17, 15) is 14.0 Å². The second kappa shape index (κ2) is 9.35. The van der Waals surface area contributed by atoms with Crippen molar-refractivity contribution in [3.8, 4) is 0 Å². The molecule has 1 aromatic carbocycles. The largest absolute Gasteiger partial charge is 0.459 e. The first kappa shape index (κ1) is 21.8. The second-order valence-corrected chi connectivity index (χ2v) is 7.76. The molecule has 1 saturated heterocycles. The van der Waals surface area contributed by atoms with Gasteiger partial charge in [0.1, 0.15) is 18.1 Å². The summed E-state index contributed by atoms with van der Waals surface area (Å²) < 4.78 is 30.5. The van der Waals surface area contributed by atoms with E-state index in [0.717, 1.165) is 5.56 Å². The number of nitrogens with zero attached hydrogens (tertiary/aromatic N) is 3. The first-order chi connectivity index (χ1) is 15.4. The molecule has 9 heteroatoms. The molecule has 4 rings (SSSR count). The monoisotopic (exact) mass is 441 g/mol. The first-order valence-corrected chi connectivity index (χ1v) is 10.3. The number of carbonyl (C=O) groups is 2. The molecule has 2 aromatic heterocycles. The minimum Gasteiger partial charge on any atom is -0.459 e. The van der Waals surface area contributed by atoms with Crippen LogP contribution in [0, 0.1) is 19.7 Å². The number of aromatic nitrogens is 1. The number of amides is 2. The lowest BCUT2D eigenvalue weighted by Crippen LogP contribution is -2.39. The van der Waals surface area contributed by atoms with Crippen LogP contribution in [0.1, 0.15) is 33.1 Å². The van der Waals surface area contributed by atoms with Crippen LogP contribution in [0.25, 0.3) is 0 Å². The fourth-order valence-electron chi connectivity index (χ4n) is 3.69. The number of carbonyl (C=O) groups excluding carboxylic acids is 2. The molecule has 0 radical (unpaired) electrons. The summed E-state index contributed by atoms with van der Waals surface area (Å²) in [7, 11) is 0. The molecule has 2 amide bonds. The van der Waals surface area contributed by atoms with Gasteiger partial charge in [-0.05, 0) is 32.0 Å². The average molecular weight is 441 g/mol. The highest BCUT2D eigenvalue weighted by Crippen LogP contribution is 2.20. The predicted octanol–water partition coefficient (Wildman–Crippen LogP) is 3.09. The molecule has 0 N–H and O–H groups in total. The van der Waals surface area contributed by atoms with Gasteiger partial charge in [0.25, 0.3) is 5.91 Å². The Kier molecular flexibility index (Phi) is 6.36. The summed E-state index contributed by atoms with van der Waals surface area (Å²) in [6.45, 7) is 4.18. The highest BCUT2D eigenvalue weighted by Gasteiger charge is 2.33. The standard InChI is InChI=1S/C23H24FN3O5/c1-15-19(16(2)32-25-15)12-26-10-18(31-14-17-6-3-4-7-20(17)24)11-27(13-22(26)28)23(29)21-8-5-9-30-21/h3-9,18H,10-14H2,1-2H3. The van der Waals surface area contributed by atoms with Crippen LogP contribution in [0.4, 0.5) is 4.39 Å². The van der Waals surface area contributed by atoms with Gasteiger partial charge in [0.15, 0.2) is 5.76 Å². The predicted molar refractivity (Wildman–Crippen MR) is 111 cm³/mol. The van der Waals surface area contributed by atoms with Crippen LogP contribution in [0.15, 0.2) is 51.6 Å². The van der Waals surface area contributed by atoms with Crippen molar-refractivity contribution in [2.75, 3.05) is 19.6 Å². The number of hydrogen-bond acceptors (Lipinski definition) is 6. The fourth-order valence-corrected chi connectivity index (χ4v) is 3.69. The van der Waals surface area contributed by atoms with E-state index in [-0.39, 0.29) is 50.3 Å². The van der Waals surface area contributed by atoms with Crippen LogP contribution in [-0.2, 0) is 22.7 Å². The molecule has 0 spiro atoms. The lowest BCUT2D eigenvalue weighted by atomic mass is 10.2. The molecule has 8 nitrogen and oxygen atoms in total. The lowest BCUT2D eigenvalue weighted by Gasteiger charge is -2.24. The molecule has 3 aromatic rings. The quantitative estimate of drug-likeness (QED) is 0.584. The van der Waals surface area contributed by atoms with Gasteiger partial charge in [-0.3, -0.25) is 9.59 Å². The molecule has 168 valence electrons. The maximum Gasteiger partial charge on any atom is 0.290 e. The van der Waals surface area contributed by atoms with Crippen molar-refractivity contribution in [3.05, 3.63) is 76.8 Å². The number of benzene rings is 1. The van der Waals surface area contributed by atoms with Gasteiger partial charge in [-0.1, -0.05) is 23.4 Å². The van der Waals surface area contributed by atoms with Crippen molar-refractivity contribution in [3.63, 3.8) is 0 Å². The van der Waals surface area contributed by atoms with Crippen LogP contribution in [0.3, 0.4) is 0 Å². The molecule has 1 aliphatic rings. The minimum absolute atomic E-state index is 0.0213. The fraction of sp³-hybridized carbons (Fsp3) is 0.348. The molecule has 1 fully saturated rings. The van der Waals surface area contributed by atoms with E-state index in [1.165, 1.54) is 17.2 Å². The highest BCUT2D eigenvalue weighted by atomic mass is 19.1. The molecule has 1 unspecified atom stereocenters. The number of ether oxygens (including phenoxy) is 1. The molecule has 1 aliphatic heterocycles. The summed E-state index contributed by atoms with van der Waals surface area (Å²) in [6, 6.07) is 9.51. The Labute approximate surface area is 184 Å². The normalized spacial score (nSPS) is 17.0. The topological polar surface area (TPSA) is 89.0 Å². The van der Waals surface area contributed by atoms with Crippen molar-refractivity contribution in [1.82, 2.24) is 15.0 Å². The van der Waals surface area contributed by atoms with E-state index >= 15 is 0 Å². The molecule has 32 heavy (non-hydrogen) atoms. The Morgan fingerprint density at radius 1 is 1.22 bits per heavy atom. The summed E-state index contributed by atoms with van der Waals surface area (Å²) in [5.74, 6) is -0.228. The van der Waals surface area contributed by atoms with Crippen LogP contribution >= 0.6 is 0 Å². The first-order valence-electron chi connectivity index (χ1n) is 10.3. The molecule has 0 bridgehead atoms. The lowest BCUT2D eigenvalue weighted by molar-refractivity contribution is -0.132. The van der Waals surface area contributed by atoms with Crippen molar-refractivity contribution in [1.29, 1.82) is 0 Å². The van der Waals surface area contributed by atoms with Gasteiger partial charge in [-0.15, -0.1) is 0 Å². The van der Waals surface area contributed by atoms with Crippen LogP contribution in [-0.4, -0.2) is 52.5 Å². The van der Waals surface area contributed by atoms with Gasteiger partial charge in [0, 0.05) is 24.2 Å². The zero-order valence-corrected chi connectivity index (χ0v) is 17.9. The van der Waals surface area contributed by atoms with Crippen LogP contribution in [0.2, 0.25) is 0 Å². The van der Waals surface area contributed by atoms with Crippen molar-refractivity contribution < 1.29 is 27.7 Å². The molecule has 3 heterocycles.